The molecule has 1 heterocycles. The van der Waals surface area contributed by atoms with Gasteiger partial charge in [0.1, 0.15) is 18.1 Å². The Morgan fingerprint density at radius 3 is 2.42 bits per heavy atom. The molecule has 0 aliphatic heterocycles. The van der Waals surface area contributed by atoms with Crippen LogP contribution < -0.4 is 15.4 Å². The van der Waals surface area contributed by atoms with Crippen LogP contribution in [0.1, 0.15) is 13.8 Å². The van der Waals surface area contributed by atoms with Gasteiger partial charge in [-0.05, 0) is 54.1 Å². The van der Waals surface area contributed by atoms with E-state index in [1.807, 2.05) is 67.9 Å². The zero-order chi connectivity index (χ0) is 22.2. The maximum atomic E-state index is 12.8. The number of hydrogen-bond acceptors (Lipinski definition) is 6. The van der Waals surface area contributed by atoms with Crippen LogP contribution in [-0.4, -0.2) is 39.2 Å². The van der Waals surface area contributed by atoms with Gasteiger partial charge in [0, 0.05) is 17.6 Å². The molecule has 9 heteroatoms. The second kappa shape index (κ2) is 10.6. The highest BCUT2D eigenvalue weighted by molar-refractivity contribution is 7.99. The summed E-state index contributed by atoms with van der Waals surface area (Å²) < 4.78 is 7.28. The number of ether oxygens (including phenoxy) is 1. The summed E-state index contributed by atoms with van der Waals surface area (Å²) in [4.78, 5) is 26.0. The zero-order valence-corrected chi connectivity index (χ0v) is 18.4. The first-order chi connectivity index (χ1) is 14.9. The van der Waals surface area contributed by atoms with Crippen LogP contribution in [0.2, 0.25) is 0 Å². The fourth-order valence-corrected chi connectivity index (χ4v) is 3.47. The number of rotatable bonds is 9. The van der Waals surface area contributed by atoms with E-state index < -0.39 is 6.04 Å². The van der Waals surface area contributed by atoms with Gasteiger partial charge in [0.15, 0.2) is 11.8 Å². The lowest BCUT2D eigenvalue weighted by Gasteiger charge is -2.22. The van der Waals surface area contributed by atoms with Gasteiger partial charge in [-0.25, -0.2) is 0 Å². The molecule has 0 aliphatic carbocycles. The SMILES string of the molecule is CC(C)C(NC(=O)COc1ccccc1)C(=O)Nc1ccc(Sc2nncn2C)cc1. The Kier molecular flexibility index (Phi) is 7.66. The molecule has 3 aromatic rings. The third-order valence-corrected chi connectivity index (χ3v) is 5.44. The predicted molar refractivity (Wildman–Crippen MR) is 119 cm³/mol. The lowest BCUT2D eigenvalue weighted by Crippen LogP contribution is -2.48. The number of benzene rings is 2. The highest BCUT2D eigenvalue weighted by atomic mass is 32.2. The quantitative estimate of drug-likeness (QED) is 0.532. The topological polar surface area (TPSA) is 98.1 Å². The number of para-hydroxylation sites is 1. The van der Waals surface area contributed by atoms with E-state index >= 15 is 0 Å². The number of nitrogens with one attached hydrogen (secondary N) is 2. The number of carbonyl (C=O) groups is 2. The molecule has 2 N–H and O–H groups in total. The van der Waals surface area contributed by atoms with Gasteiger partial charge in [0.25, 0.3) is 5.91 Å². The second-order valence-corrected chi connectivity index (χ2v) is 8.27. The van der Waals surface area contributed by atoms with Gasteiger partial charge in [-0.15, -0.1) is 10.2 Å². The minimum Gasteiger partial charge on any atom is -0.484 e. The number of amides is 2. The molecule has 0 radical (unpaired) electrons. The van der Waals surface area contributed by atoms with Gasteiger partial charge in [0.05, 0.1) is 0 Å². The number of anilines is 1. The third-order valence-electron chi connectivity index (χ3n) is 4.38. The number of aryl methyl sites for hydroxylation is 1. The van der Waals surface area contributed by atoms with E-state index in [1.165, 1.54) is 11.8 Å². The van der Waals surface area contributed by atoms with Crippen molar-refractivity contribution in [3.8, 4) is 5.75 Å². The van der Waals surface area contributed by atoms with Crippen LogP contribution in [-0.2, 0) is 16.6 Å². The molecule has 31 heavy (non-hydrogen) atoms. The first-order valence-corrected chi connectivity index (χ1v) is 10.6. The van der Waals surface area contributed by atoms with E-state index in [0.717, 1.165) is 10.1 Å². The van der Waals surface area contributed by atoms with Gasteiger partial charge in [-0.2, -0.15) is 0 Å². The van der Waals surface area contributed by atoms with Gasteiger partial charge >= 0.3 is 0 Å². The van der Waals surface area contributed by atoms with E-state index in [1.54, 1.807) is 18.5 Å². The molecule has 1 unspecified atom stereocenters. The Bertz CT molecular complexity index is 1010. The Hall–Kier alpha value is -3.33. The molecule has 2 amide bonds. The Balaban J connectivity index is 1.54. The monoisotopic (exact) mass is 439 g/mol. The van der Waals surface area contributed by atoms with E-state index in [9.17, 15) is 9.59 Å². The fourth-order valence-electron chi connectivity index (χ4n) is 2.71. The van der Waals surface area contributed by atoms with E-state index in [2.05, 4.69) is 20.8 Å². The van der Waals surface area contributed by atoms with Gasteiger partial charge in [-0.3, -0.25) is 9.59 Å². The Labute approximate surface area is 185 Å². The van der Waals surface area contributed by atoms with E-state index in [4.69, 9.17) is 4.74 Å². The molecular weight excluding hydrogens is 414 g/mol. The first kappa shape index (κ1) is 22.4. The van der Waals surface area contributed by atoms with Crippen molar-refractivity contribution in [3.63, 3.8) is 0 Å². The molecule has 0 aliphatic rings. The molecule has 0 saturated heterocycles. The number of nitrogens with zero attached hydrogens (tertiary/aromatic N) is 3. The molecule has 0 saturated carbocycles. The van der Waals surface area contributed by atoms with Crippen LogP contribution in [0, 0.1) is 5.92 Å². The van der Waals surface area contributed by atoms with Gasteiger partial charge in [-0.1, -0.05) is 32.0 Å². The third kappa shape index (κ3) is 6.58. The minimum absolute atomic E-state index is 0.0913. The summed E-state index contributed by atoms with van der Waals surface area (Å²) in [6.07, 6.45) is 1.64. The smallest absolute Gasteiger partial charge is 0.258 e. The molecule has 3 rings (SSSR count). The summed E-state index contributed by atoms with van der Waals surface area (Å²) in [5, 5.41) is 14.3. The molecular formula is C22H25N5O3S. The first-order valence-electron chi connectivity index (χ1n) is 9.82. The Morgan fingerprint density at radius 2 is 1.81 bits per heavy atom. The van der Waals surface area contributed by atoms with Crippen molar-refractivity contribution in [2.45, 2.75) is 29.9 Å². The Morgan fingerprint density at radius 1 is 1.10 bits per heavy atom. The molecule has 162 valence electrons. The zero-order valence-electron chi connectivity index (χ0n) is 17.6. The molecule has 2 aromatic carbocycles. The van der Waals surface area contributed by atoms with Crippen molar-refractivity contribution < 1.29 is 14.3 Å². The molecule has 8 nitrogen and oxygen atoms in total. The van der Waals surface area contributed by atoms with Crippen LogP contribution >= 0.6 is 11.8 Å². The number of carbonyl (C=O) groups excluding carboxylic acids is 2. The van der Waals surface area contributed by atoms with E-state index in [0.29, 0.717) is 11.4 Å². The lowest BCUT2D eigenvalue weighted by molar-refractivity contribution is -0.128. The second-order valence-electron chi connectivity index (χ2n) is 7.23. The van der Waals surface area contributed by atoms with E-state index in [-0.39, 0.29) is 24.3 Å². The lowest BCUT2D eigenvalue weighted by atomic mass is 10.0. The van der Waals surface area contributed by atoms with Crippen molar-refractivity contribution in [1.29, 1.82) is 0 Å². The molecule has 0 bridgehead atoms. The average Bonchev–Trinajstić information content (AvgIpc) is 3.16. The standard InChI is InChI=1S/C22H25N5O3S/c1-15(2)20(25-19(28)13-30-17-7-5-4-6-8-17)21(29)24-16-9-11-18(12-10-16)31-22-26-23-14-27(22)3/h4-12,14-15,20H,13H2,1-3H3,(H,24,29)(H,25,28). The summed E-state index contributed by atoms with van der Waals surface area (Å²) in [6, 6.07) is 15.8. The van der Waals surface area contributed by atoms with Crippen LogP contribution in [0.4, 0.5) is 5.69 Å². The molecule has 1 atom stereocenters. The maximum Gasteiger partial charge on any atom is 0.258 e. The summed E-state index contributed by atoms with van der Waals surface area (Å²) in [5.74, 6) is -0.126. The fraction of sp³-hybridized carbons (Fsp3) is 0.273. The van der Waals surface area contributed by atoms with Crippen molar-refractivity contribution in [2.75, 3.05) is 11.9 Å². The summed E-state index contributed by atoms with van der Waals surface area (Å²) in [7, 11) is 1.88. The van der Waals surface area contributed by atoms with Crippen LogP contribution in [0.15, 0.2) is 71.0 Å². The summed E-state index contributed by atoms with van der Waals surface area (Å²) in [5.41, 5.74) is 0.646. The van der Waals surface area contributed by atoms with Crippen LogP contribution in [0.25, 0.3) is 0 Å². The van der Waals surface area contributed by atoms with Gasteiger partial charge in [0.2, 0.25) is 5.91 Å². The van der Waals surface area contributed by atoms with Crippen molar-refractivity contribution in [1.82, 2.24) is 20.1 Å². The average molecular weight is 440 g/mol. The van der Waals surface area contributed by atoms with Crippen LogP contribution in [0.3, 0.4) is 0 Å². The van der Waals surface area contributed by atoms with Crippen molar-refractivity contribution in [3.05, 3.63) is 60.9 Å². The molecule has 0 spiro atoms. The highest BCUT2D eigenvalue weighted by Crippen LogP contribution is 2.26. The molecule has 0 fully saturated rings. The number of hydrogen-bond donors (Lipinski definition) is 2. The predicted octanol–water partition coefficient (Wildman–Crippen LogP) is 3.12. The number of aromatic nitrogens is 3. The van der Waals surface area contributed by atoms with Gasteiger partial charge < -0.3 is 19.9 Å². The highest BCUT2D eigenvalue weighted by Gasteiger charge is 2.24. The largest absolute Gasteiger partial charge is 0.484 e. The summed E-state index contributed by atoms with van der Waals surface area (Å²) >= 11 is 1.48. The van der Waals surface area contributed by atoms with Crippen molar-refractivity contribution >= 4 is 29.3 Å². The summed E-state index contributed by atoms with van der Waals surface area (Å²) in [6.45, 7) is 3.60. The van der Waals surface area contributed by atoms with Crippen LogP contribution in [0.5, 0.6) is 5.75 Å². The van der Waals surface area contributed by atoms with Crippen molar-refractivity contribution in [2.24, 2.45) is 13.0 Å². The minimum atomic E-state index is -0.681. The molecule has 1 aromatic heterocycles. The maximum absolute atomic E-state index is 12.8. The normalized spacial score (nSPS) is 11.7.